The zero-order chi connectivity index (χ0) is 17.0. The number of methoxy groups -OCH3 is 1. The molecule has 23 heavy (non-hydrogen) atoms. The van der Waals surface area contributed by atoms with Crippen molar-refractivity contribution in [1.29, 1.82) is 0 Å². The number of benzene rings is 1. The number of nitrogens with zero attached hydrogens (tertiary/aromatic N) is 1. The lowest BCUT2D eigenvalue weighted by atomic mass is 9.68. The van der Waals surface area contributed by atoms with Gasteiger partial charge in [-0.25, -0.2) is 0 Å². The molecule has 0 aliphatic heterocycles. The highest BCUT2D eigenvalue weighted by atomic mass is 35.5. The SMILES string of the molecule is COc1ccc(N=C(C)/C=C/C2C(C)=CCCC2(C)C)cc1Cl. The number of hydrogen-bond acceptors (Lipinski definition) is 2. The van der Waals surface area contributed by atoms with Crippen LogP contribution in [0, 0.1) is 11.3 Å². The van der Waals surface area contributed by atoms with E-state index in [1.807, 2.05) is 25.1 Å². The first-order valence-corrected chi connectivity index (χ1v) is 8.45. The minimum absolute atomic E-state index is 0.305. The van der Waals surface area contributed by atoms with Gasteiger partial charge in [-0.1, -0.05) is 43.2 Å². The summed E-state index contributed by atoms with van der Waals surface area (Å²) in [6.07, 6.45) is 9.17. The van der Waals surface area contributed by atoms with Gasteiger partial charge >= 0.3 is 0 Å². The first-order valence-electron chi connectivity index (χ1n) is 8.07. The maximum Gasteiger partial charge on any atom is 0.137 e. The Kier molecular flexibility index (Phi) is 5.69. The molecule has 1 aliphatic carbocycles. The zero-order valence-electron chi connectivity index (χ0n) is 14.7. The van der Waals surface area contributed by atoms with E-state index in [1.54, 1.807) is 7.11 Å². The Morgan fingerprint density at radius 1 is 1.39 bits per heavy atom. The molecule has 3 heteroatoms. The van der Waals surface area contributed by atoms with Crippen LogP contribution >= 0.6 is 11.6 Å². The molecule has 0 saturated carbocycles. The molecule has 2 rings (SSSR count). The van der Waals surface area contributed by atoms with Crippen LogP contribution in [0.2, 0.25) is 5.02 Å². The minimum atomic E-state index is 0.305. The number of hydrogen-bond donors (Lipinski definition) is 0. The molecule has 0 bridgehead atoms. The van der Waals surface area contributed by atoms with Gasteiger partial charge in [0.1, 0.15) is 5.75 Å². The quantitative estimate of drug-likeness (QED) is 0.463. The summed E-state index contributed by atoms with van der Waals surface area (Å²) in [7, 11) is 1.61. The Morgan fingerprint density at radius 2 is 2.13 bits per heavy atom. The lowest BCUT2D eigenvalue weighted by Gasteiger charge is -2.36. The van der Waals surface area contributed by atoms with E-state index in [9.17, 15) is 0 Å². The fraction of sp³-hybridized carbons (Fsp3) is 0.450. The van der Waals surface area contributed by atoms with E-state index in [1.165, 1.54) is 18.4 Å². The summed E-state index contributed by atoms with van der Waals surface area (Å²) in [5, 5.41) is 0.581. The average Bonchev–Trinajstić information content (AvgIpc) is 2.46. The van der Waals surface area contributed by atoms with E-state index >= 15 is 0 Å². The van der Waals surface area contributed by atoms with Gasteiger partial charge in [0, 0.05) is 11.6 Å². The van der Waals surface area contributed by atoms with Gasteiger partial charge in [0.2, 0.25) is 0 Å². The van der Waals surface area contributed by atoms with Crippen LogP contribution in [0.25, 0.3) is 0 Å². The molecule has 0 N–H and O–H groups in total. The summed E-state index contributed by atoms with van der Waals surface area (Å²) < 4.78 is 5.17. The van der Waals surface area contributed by atoms with Crippen LogP contribution in [-0.4, -0.2) is 12.8 Å². The lowest BCUT2D eigenvalue weighted by Crippen LogP contribution is -2.26. The predicted octanol–water partition coefficient (Wildman–Crippen LogP) is 6.38. The molecule has 0 amide bonds. The van der Waals surface area contributed by atoms with Gasteiger partial charge < -0.3 is 4.74 Å². The Hall–Kier alpha value is -1.54. The van der Waals surface area contributed by atoms with Crippen molar-refractivity contribution in [3.05, 3.63) is 47.0 Å². The molecule has 0 aromatic heterocycles. The van der Waals surface area contributed by atoms with Crippen molar-refractivity contribution >= 4 is 23.0 Å². The van der Waals surface area contributed by atoms with E-state index in [-0.39, 0.29) is 0 Å². The molecule has 1 aliphatic rings. The molecule has 1 aromatic carbocycles. The lowest BCUT2D eigenvalue weighted by molar-refractivity contribution is 0.255. The summed E-state index contributed by atoms with van der Waals surface area (Å²) >= 11 is 6.15. The summed E-state index contributed by atoms with van der Waals surface area (Å²) in [5.41, 5.74) is 3.57. The van der Waals surface area contributed by atoms with Gasteiger partial charge in [0.15, 0.2) is 0 Å². The molecule has 0 fully saturated rings. The van der Waals surface area contributed by atoms with Gasteiger partial charge in [-0.3, -0.25) is 4.99 Å². The third-order valence-electron chi connectivity index (χ3n) is 4.56. The monoisotopic (exact) mass is 331 g/mol. The maximum atomic E-state index is 6.15. The highest BCUT2D eigenvalue weighted by Crippen LogP contribution is 2.41. The summed E-state index contributed by atoms with van der Waals surface area (Å²) in [6.45, 7) is 8.93. The topological polar surface area (TPSA) is 21.6 Å². The standard InChI is InChI=1S/C20H26ClNO/c1-14-7-6-12-20(3,4)17(14)10-8-15(2)22-16-9-11-19(23-5)18(21)13-16/h7-11,13,17H,6,12H2,1-5H3/b10-8+,22-15?. The maximum absolute atomic E-state index is 6.15. The fourth-order valence-electron chi connectivity index (χ4n) is 3.18. The fourth-order valence-corrected chi connectivity index (χ4v) is 3.44. The highest BCUT2D eigenvalue weighted by molar-refractivity contribution is 6.32. The van der Waals surface area contributed by atoms with E-state index < -0.39 is 0 Å². The second-order valence-corrected chi connectivity index (χ2v) is 7.29. The average molecular weight is 332 g/mol. The molecule has 0 radical (unpaired) electrons. The zero-order valence-corrected chi connectivity index (χ0v) is 15.4. The smallest absolute Gasteiger partial charge is 0.137 e. The van der Waals surface area contributed by atoms with Crippen molar-refractivity contribution < 1.29 is 4.74 Å². The molecule has 1 atom stereocenters. The first kappa shape index (κ1) is 17.8. The van der Waals surface area contributed by atoms with Crippen LogP contribution < -0.4 is 4.74 Å². The number of halogens is 1. The summed E-state index contributed by atoms with van der Waals surface area (Å²) in [4.78, 5) is 4.62. The Morgan fingerprint density at radius 3 is 2.74 bits per heavy atom. The molecule has 2 nitrogen and oxygen atoms in total. The van der Waals surface area contributed by atoms with Crippen LogP contribution in [0.3, 0.4) is 0 Å². The Bertz CT molecular complexity index is 656. The number of rotatable bonds is 4. The molecule has 0 spiro atoms. The molecule has 0 heterocycles. The van der Waals surface area contributed by atoms with Crippen molar-refractivity contribution in [1.82, 2.24) is 0 Å². The van der Waals surface area contributed by atoms with Crippen LogP contribution in [0.1, 0.15) is 40.5 Å². The van der Waals surface area contributed by atoms with Crippen LogP contribution in [-0.2, 0) is 0 Å². The summed E-state index contributed by atoms with van der Waals surface area (Å²) in [6, 6.07) is 5.58. The normalized spacial score (nSPS) is 21.4. The third-order valence-corrected chi connectivity index (χ3v) is 4.85. The molecule has 1 unspecified atom stereocenters. The number of allylic oxidation sites excluding steroid dienone is 4. The number of aliphatic imine (C=N–C) groups is 1. The molecule has 124 valence electrons. The van der Waals surface area contributed by atoms with E-state index in [4.69, 9.17) is 16.3 Å². The van der Waals surface area contributed by atoms with Crippen molar-refractivity contribution in [3.8, 4) is 5.75 Å². The molecular weight excluding hydrogens is 306 g/mol. The minimum Gasteiger partial charge on any atom is -0.495 e. The predicted molar refractivity (Wildman–Crippen MR) is 100 cm³/mol. The Balaban J connectivity index is 2.17. The van der Waals surface area contributed by atoms with Crippen LogP contribution in [0.4, 0.5) is 5.69 Å². The van der Waals surface area contributed by atoms with E-state index in [2.05, 4.69) is 44.0 Å². The van der Waals surface area contributed by atoms with Crippen molar-refractivity contribution in [2.75, 3.05) is 7.11 Å². The van der Waals surface area contributed by atoms with Gasteiger partial charge in [0.25, 0.3) is 0 Å². The van der Waals surface area contributed by atoms with Gasteiger partial charge in [-0.05, 0) is 56.4 Å². The van der Waals surface area contributed by atoms with Gasteiger partial charge in [-0.2, -0.15) is 0 Å². The summed E-state index contributed by atoms with van der Waals surface area (Å²) in [5.74, 6) is 1.14. The van der Waals surface area contributed by atoms with Crippen molar-refractivity contribution in [3.63, 3.8) is 0 Å². The third kappa shape index (κ3) is 4.48. The van der Waals surface area contributed by atoms with Crippen molar-refractivity contribution in [2.45, 2.75) is 40.5 Å². The second-order valence-electron chi connectivity index (χ2n) is 6.88. The van der Waals surface area contributed by atoms with Crippen LogP contribution in [0.15, 0.2) is 47.0 Å². The van der Waals surface area contributed by atoms with E-state index in [0.29, 0.717) is 22.1 Å². The van der Waals surface area contributed by atoms with Crippen LogP contribution in [0.5, 0.6) is 5.75 Å². The molecular formula is C20H26ClNO. The molecule has 1 aromatic rings. The van der Waals surface area contributed by atoms with E-state index in [0.717, 1.165) is 11.4 Å². The largest absolute Gasteiger partial charge is 0.495 e. The highest BCUT2D eigenvalue weighted by Gasteiger charge is 2.30. The first-order chi connectivity index (χ1) is 10.8. The second kappa shape index (κ2) is 7.35. The number of ether oxygens (including phenoxy) is 1. The van der Waals surface area contributed by atoms with Crippen molar-refractivity contribution in [2.24, 2.45) is 16.3 Å². The van der Waals surface area contributed by atoms with Gasteiger partial charge in [-0.15, -0.1) is 0 Å². The van der Waals surface area contributed by atoms with Gasteiger partial charge in [0.05, 0.1) is 17.8 Å². The molecule has 0 saturated heterocycles. The Labute approximate surface area is 144 Å².